The van der Waals surface area contributed by atoms with Crippen LogP contribution in [0.3, 0.4) is 0 Å². The molecule has 1 aromatic carbocycles. The second-order valence-corrected chi connectivity index (χ2v) is 4.59. The summed E-state index contributed by atoms with van der Waals surface area (Å²) in [6.07, 6.45) is -0.361. The van der Waals surface area contributed by atoms with E-state index < -0.39 is 40.1 Å². The van der Waals surface area contributed by atoms with Gasteiger partial charge in [-0.1, -0.05) is 0 Å². The predicted molar refractivity (Wildman–Crippen MR) is 58.4 cm³/mol. The third kappa shape index (κ3) is 2.82. The molecule has 0 radical (unpaired) electrons. The molecule has 18 heavy (non-hydrogen) atoms. The molecule has 0 heterocycles. The molecule has 0 fully saturated rings. The molecule has 2 N–H and O–H groups in total. The first kappa shape index (κ1) is 14.1. The Balaban J connectivity index is 3.20. The molecule has 0 aliphatic rings. The first-order valence-electron chi connectivity index (χ1n) is 5.10. The molecule has 0 atom stereocenters. The standard InChI is InChI=1S/C12H12F2O4/c1-12(2,11(17)18)5-7-8(13)3-6(10(15)16)4-9(7)14/h3-4H,5H2,1-2H3,(H,15,16)(H,17,18). The molecule has 0 amide bonds. The lowest BCUT2D eigenvalue weighted by Crippen LogP contribution is -2.27. The van der Waals surface area contributed by atoms with Crippen LogP contribution in [0.5, 0.6) is 0 Å². The Hall–Kier alpha value is -1.98. The van der Waals surface area contributed by atoms with E-state index in [1.807, 2.05) is 0 Å². The maximum atomic E-state index is 13.6. The predicted octanol–water partition coefficient (Wildman–Crippen LogP) is 2.32. The number of carboxylic acid groups (broad SMARTS) is 2. The van der Waals surface area contributed by atoms with E-state index in [0.717, 1.165) is 0 Å². The Morgan fingerprint density at radius 1 is 1.17 bits per heavy atom. The Kier molecular flexibility index (Phi) is 3.69. The number of halogens is 2. The molecule has 0 aliphatic carbocycles. The van der Waals surface area contributed by atoms with Gasteiger partial charge in [0, 0.05) is 5.56 Å². The maximum absolute atomic E-state index is 13.6. The van der Waals surface area contributed by atoms with Gasteiger partial charge in [-0.3, -0.25) is 4.79 Å². The van der Waals surface area contributed by atoms with Crippen LogP contribution >= 0.6 is 0 Å². The van der Waals surface area contributed by atoms with Crippen LogP contribution in [0.2, 0.25) is 0 Å². The van der Waals surface area contributed by atoms with Crippen molar-refractivity contribution in [2.24, 2.45) is 5.41 Å². The van der Waals surface area contributed by atoms with Crippen LogP contribution in [0.4, 0.5) is 8.78 Å². The zero-order valence-corrected chi connectivity index (χ0v) is 9.83. The third-order valence-electron chi connectivity index (χ3n) is 2.59. The zero-order chi connectivity index (χ0) is 14.1. The molecule has 1 rings (SSSR count). The third-order valence-corrected chi connectivity index (χ3v) is 2.59. The van der Waals surface area contributed by atoms with Gasteiger partial charge in [-0.05, 0) is 32.4 Å². The summed E-state index contributed by atoms with van der Waals surface area (Å²) in [7, 11) is 0. The first-order chi connectivity index (χ1) is 8.15. The number of carboxylic acids is 2. The van der Waals surface area contributed by atoms with Crippen LogP contribution in [0.1, 0.15) is 29.8 Å². The van der Waals surface area contributed by atoms with Gasteiger partial charge < -0.3 is 10.2 Å². The minimum atomic E-state index is -1.45. The van der Waals surface area contributed by atoms with Crippen molar-refractivity contribution in [3.05, 3.63) is 34.9 Å². The lowest BCUT2D eigenvalue weighted by Gasteiger charge is -2.19. The van der Waals surface area contributed by atoms with E-state index in [4.69, 9.17) is 10.2 Å². The summed E-state index contributed by atoms with van der Waals surface area (Å²) in [5.74, 6) is -4.75. The SMILES string of the molecule is CC(C)(Cc1c(F)cc(C(=O)O)cc1F)C(=O)O. The Morgan fingerprint density at radius 2 is 1.61 bits per heavy atom. The quantitative estimate of drug-likeness (QED) is 0.869. The fourth-order valence-electron chi connectivity index (χ4n) is 1.41. The van der Waals surface area contributed by atoms with Crippen molar-refractivity contribution in [1.29, 1.82) is 0 Å². The van der Waals surface area contributed by atoms with Gasteiger partial charge in [0.1, 0.15) is 11.6 Å². The highest BCUT2D eigenvalue weighted by molar-refractivity contribution is 5.87. The molecular formula is C12H12F2O4. The molecule has 0 aromatic heterocycles. The van der Waals surface area contributed by atoms with E-state index in [-0.39, 0.29) is 6.42 Å². The van der Waals surface area contributed by atoms with Gasteiger partial charge in [0.15, 0.2) is 0 Å². The lowest BCUT2D eigenvalue weighted by atomic mass is 9.85. The average Bonchev–Trinajstić information content (AvgIpc) is 2.22. The highest BCUT2D eigenvalue weighted by Gasteiger charge is 2.30. The van der Waals surface area contributed by atoms with Crippen molar-refractivity contribution in [2.45, 2.75) is 20.3 Å². The van der Waals surface area contributed by atoms with Crippen molar-refractivity contribution in [3.8, 4) is 0 Å². The minimum Gasteiger partial charge on any atom is -0.481 e. The van der Waals surface area contributed by atoms with Crippen LogP contribution < -0.4 is 0 Å². The number of carbonyl (C=O) groups is 2. The molecule has 1 aromatic rings. The summed E-state index contributed by atoms with van der Waals surface area (Å²) in [5.41, 5.74) is -2.28. The Labute approximate surface area is 102 Å². The molecule has 0 spiro atoms. The van der Waals surface area contributed by atoms with E-state index in [1.54, 1.807) is 0 Å². The highest BCUT2D eigenvalue weighted by atomic mass is 19.1. The van der Waals surface area contributed by atoms with Gasteiger partial charge in [0.2, 0.25) is 0 Å². The van der Waals surface area contributed by atoms with Crippen molar-refractivity contribution >= 4 is 11.9 Å². The van der Waals surface area contributed by atoms with Gasteiger partial charge >= 0.3 is 11.9 Å². The normalized spacial score (nSPS) is 11.3. The fraction of sp³-hybridized carbons (Fsp3) is 0.333. The minimum absolute atomic E-state index is 0.361. The number of aromatic carboxylic acids is 1. The Bertz CT molecular complexity index is 486. The van der Waals surface area contributed by atoms with Gasteiger partial charge in [0.25, 0.3) is 0 Å². The Morgan fingerprint density at radius 3 is 1.94 bits per heavy atom. The van der Waals surface area contributed by atoms with Crippen LogP contribution in [-0.2, 0) is 11.2 Å². The largest absolute Gasteiger partial charge is 0.481 e. The lowest BCUT2D eigenvalue weighted by molar-refractivity contribution is -0.146. The number of aliphatic carboxylic acids is 1. The summed E-state index contributed by atoms with van der Waals surface area (Å²) in [6, 6.07) is 1.36. The van der Waals surface area contributed by atoms with Crippen LogP contribution in [0.25, 0.3) is 0 Å². The molecular weight excluding hydrogens is 246 g/mol. The molecule has 0 saturated heterocycles. The number of hydrogen-bond acceptors (Lipinski definition) is 2. The number of hydrogen-bond donors (Lipinski definition) is 2. The average molecular weight is 258 g/mol. The molecule has 0 saturated carbocycles. The van der Waals surface area contributed by atoms with Crippen LogP contribution in [0, 0.1) is 17.0 Å². The van der Waals surface area contributed by atoms with E-state index in [9.17, 15) is 18.4 Å². The van der Waals surface area contributed by atoms with Gasteiger partial charge in [0.05, 0.1) is 11.0 Å². The van der Waals surface area contributed by atoms with Gasteiger partial charge in [-0.2, -0.15) is 0 Å². The molecule has 0 aliphatic heterocycles. The van der Waals surface area contributed by atoms with Crippen molar-refractivity contribution < 1.29 is 28.6 Å². The highest BCUT2D eigenvalue weighted by Crippen LogP contribution is 2.26. The molecule has 6 heteroatoms. The topological polar surface area (TPSA) is 74.6 Å². The van der Waals surface area contributed by atoms with Crippen molar-refractivity contribution in [1.82, 2.24) is 0 Å². The maximum Gasteiger partial charge on any atom is 0.335 e. The summed E-state index contributed by atoms with van der Waals surface area (Å²) in [5, 5.41) is 17.5. The van der Waals surface area contributed by atoms with E-state index >= 15 is 0 Å². The molecule has 0 unspecified atom stereocenters. The second-order valence-electron chi connectivity index (χ2n) is 4.59. The summed E-state index contributed by atoms with van der Waals surface area (Å²) in [4.78, 5) is 21.5. The monoisotopic (exact) mass is 258 g/mol. The summed E-state index contributed by atoms with van der Waals surface area (Å²) < 4.78 is 27.1. The van der Waals surface area contributed by atoms with E-state index in [1.165, 1.54) is 13.8 Å². The van der Waals surface area contributed by atoms with Crippen molar-refractivity contribution in [2.75, 3.05) is 0 Å². The molecule has 98 valence electrons. The van der Waals surface area contributed by atoms with E-state index in [0.29, 0.717) is 12.1 Å². The summed E-state index contributed by atoms with van der Waals surface area (Å²) >= 11 is 0. The zero-order valence-electron chi connectivity index (χ0n) is 9.83. The molecule has 0 bridgehead atoms. The van der Waals surface area contributed by atoms with Crippen molar-refractivity contribution in [3.63, 3.8) is 0 Å². The number of benzene rings is 1. The molecule has 4 nitrogen and oxygen atoms in total. The van der Waals surface area contributed by atoms with Gasteiger partial charge in [-0.25, -0.2) is 13.6 Å². The first-order valence-corrected chi connectivity index (χ1v) is 5.10. The van der Waals surface area contributed by atoms with Gasteiger partial charge in [-0.15, -0.1) is 0 Å². The number of rotatable bonds is 4. The second kappa shape index (κ2) is 4.72. The van der Waals surface area contributed by atoms with Crippen LogP contribution in [-0.4, -0.2) is 22.2 Å². The van der Waals surface area contributed by atoms with E-state index in [2.05, 4.69) is 0 Å². The fourth-order valence-corrected chi connectivity index (χ4v) is 1.41. The van der Waals surface area contributed by atoms with Crippen LogP contribution in [0.15, 0.2) is 12.1 Å². The smallest absolute Gasteiger partial charge is 0.335 e. The summed E-state index contributed by atoms with van der Waals surface area (Å²) in [6.45, 7) is 2.67.